The Balaban J connectivity index is 1.93. The van der Waals surface area contributed by atoms with Crippen LogP contribution >= 0.6 is 23.2 Å². The lowest BCUT2D eigenvalue weighted by atomic mass is 10.1. The molecule has 0 spiro atoms. The van der Waals surface area contributed by atoms with Gasteiger partial charge >= 0.3 is 0 Å². The van der Waals surface area contributed by atoms with Crippen molar-refractivity contribution in [2.75, 3.05) is 6.61 Å². The number of ether oxygens (including phenoxy) is 1. The summed E-state index contributed by atoms with van der Waals surface area (Å²) in [6.45, 7) is 2.74. The normalized spacial score (nSPS) is 20.3. The van der Waals surface area contributed by atoms with E-state index in [1.165, 1.54) is 0 Å². The molecular weight excluding hydrogens is 285 g/mol. The Hall–Kier alpha value is -0.770. The molecule has 1 aliphatic rings. The second-order valence-corrected chi connectivity index (χ2v) is 5.60. The van der Waals surface area contributed by atoms with Gasteiger partial charge in [0.05, 0.1) is 18.6 Å². The largest absolute Gasteiger partial charge is 0.376 e. The van der Waals surface area contributed by atoms with Crippen molar-refractivity contribution in [3.63, 3.8) is 0 Å². The van der Waals surface area contributed by atoms with Crippen LogP contribution in [0.1, 0.15) is 25.3 Å². The minimum absolute atomic E-state index is 0.0104. The highest BCUT2D eigenvalue weighted by Crippen LogP contribution is 2.24. The quantitative estimate of drug-likeness (QED) is 0.927. The Labute approximate surface area is 123 Å². The molecule has 0 saturated carbocycles. The van der Waals surface area contributed by atoms with E-state index in [0.29, 0.717) is 15.6 Å². The van der Waals surface area contributed by atoms with Crippen molar-refractivity contribution in [3.05, 3.63) is 33.8 Å². The third-order valence-electron chi connectivity index (χ3n) is 3.31. The van der Waals surface area contributed by atoms with E-state index in [9.17, 15) is 4.79 Å². The number of carbonyl (C=O) groups excluding carboxylic acids is 1. The molecule has 1 heterocycles. The highest BCUT2D eigenvalue weighted by molar-refractivity contribution is 6.36. The molecule has 2 rings (SSSR count). The zero-order chi connectivity index (χ0) is 13.8. The lowest BCUT2D eigenvalue weighted by molar-refractivity contribution is -0.121. The molecule has 1 aromatic rings. The Morgan fingerprint density at radius 2 is 2.16 bits per heavy atom. The summed E-state index contributed by atoms with van der Waals surface area (Å²) < 4.78 is 5.55. The smallest absolute Gasteiger partial charge is 0.224 e. The average molecular weight is 302 g/mol. The van der Waals surface area contributed by atoms with Gasteiger partial charge in [-0.1, -0.05) is 29.3 Å². The summed E-state index contributed by atoms with van der Waals surface area (Å²) >= 11 is 12.1. The summed E-state index contributed by atoms with van der Waals surface area (Å²) in [5, 5.41) is 3.99. The minimum atomic E-state index is -0.0852. The number of benzene rings is 1. The first kappa shape index (κ1) is 14.6. The standard InChI is InChI=1S/C14H17Cl2NO2/c1-9(13-6-3-7-19-13)17-14(18)8-10-11(15)4-2-5-12(10)16/h2,4-5,9,13H,3,6-8H2,1H3,(H,17,18)/t9-,13+/m0/s1. The number of hydrogen-bond acceptors (Lipinski definition) is 2. The molecule has 19 heavy (non-hydrogen) atoms. The lowest BCUT2D eigenvalue weighted by Crippen LogP contribution is -2.41. The van der Waals surface area contributed by atoms with E-state index in [1.54, 1.807) is 18.2 Å². The Kier molecular flexibility index (Phi) is 5.08. The second kappa shape index (κ2) is 6.60. The van der Waals surface area contributed by atoms with Gasteiger partial charge in [0.2, 0.25) is 5.91 Å². The van der Waals surface area contributed by atoms with E-state index in [0.717, 1.165) is 19.4 Å². The first-order valence-corrected chi connectivity index (χ1v) is 7.17. The lowest BCUT2D eigenvalue weighted by Gasteiger charge is -2.20. The SMILES string of the molecule is C[C@H](NC(=O)Cc1c(Cl)cccc1Cl)[C@H]1CCCO1. The van der Waals surface area contributed by atoms with Crippen molar-refractivity contribution in [2.45, 2.75) is 38.3 Å². The Morgan fingerprint density at radius 1 is 1.47 bits per heavy atom. The predicted octanol–water partition coefficient (Wildman–Crippen LogP) is 3.22. The van der Waals surface area contributed by atoms with Crippen molar-refractivity contribution in [1.82, 2.24) is 5.32 Å². The van der Waals surface area contributed by atoms with E-state index in [2.05, 4.69) is 5.32 Å². The van der Waals surface area contributed by atoms with E-state index < -0.39 is 0 Å². The fourth-order valence-corrected chi connectivity index (χ4v) is 2.79. The molecule has 0 aliphatic carbocycles. The third kappa shape index (κ3) is 3.85. The molecule has 1 N–H and O–H groups in total. The maximum atomic E-state index is 12.0. The average Bonchev–Trinajstić information content (AvgIpc) is 2.88. The van der Waals surface area contributed by atoms with Gasteiger partial charge in [-0.15, -0.1) is 0 Å². The van der Waals surface area contributed by atoms with Crippen LogP contribution in [0.2, 0.25) is 10.0 Å². The molecule has 0 bridgehead atoms. The number of carbonyl (C=O) groups is 1. The van der Waals surface area contributed by atoms with E-state index in [1.807, 2.05) is 6.92 Å². The second-order valence-electron chi connectivity index (χ2n) is 4.78. The first-order valence-electron chi connectivity index (χ1n) is 6.42. The number of rotatable bonds is 4. The maximum absolute atomic E-state index is 12.0. The first-order chi connectivity index (χ1) is 9.08. The minimum Gasteiger partial charge on any atom is -0.376 e. The monoisotopic (exact) mass is 301 g/mol. The molecule has 104 valence electrons. The van der Waals surface area contributed by atoms with Crippen molar-refractivity contribution < 1.29 is 9.53 Å². The zero-order valence-electron chi connectivity index (χ0n) is 10.8. The van der Waals surface area contributed by atoms with E-state index in [4.69, 9.17) is 27.9 Å². The van der Waals surface area contributed by atoms with Crippen molar-refractivity contribution in [3.8, 4) is 0 Å². The van der Waals surface area contributed by atoms with Crippen LogP contribution in [0.4, 0.5) is 0 Å². The number of halogens is 2. The maximum Gasteiger partial charge on any atom is 0.224 e. The summed E-state index contributed by atoms with van der Waals surface area (Å²) in [4.78, 5) is 12.0. The number of amides is 1. The summed E-state index contributed by atoms with van der Waals surface area (Å²) in [7, 11) is 0. The molecule has 1 amide bonds. The van der Waals surface area contributed by atoms with E-state index >= 15 is 0 Å². The van der Waals surface area contributed by atoms with Crippen molar-refractivity contribution in [1.29, 1.82) is 0 Å². The van der Waals surface area contributed by atoms with Crippen molar-refractivity contribution in [2.24, 2.45) is 0 Å². The van der Waals surface area contributed by atoms with Gasteiger partial charge in [-0.25, -0.2) is 0 Å². The van der Waals surface area contributed by atoms with Crippen molar-refractivity contribution >= 4 is 29.1 Å². The Morgan fingerprint density at radius 3 is 2.74 bits per heavy atom. The van der Waals surface area contributed by atoms with Crippen LogP contribution in [0.15, 0.2) is 18.2 Å². The summed E-state index contributed by atoms with van der Waals surface area (Å²) in [5.41, 5.74) is 0.669. The van der Waals surface area contributed by atoms with Crippen LogP contribution in [0.25, 0.3) is 0 Å². The van der Waals surface area contributed by atoms with Crippen LogP contribution in [0.5, 0.6) is 0 Å². The predicted molar refractivity (Wildman–Crippen MR) is 76.7 cm³/mol. The molecule has 2 atom stereocenters. The molecule has 5 heteroatoms. The third-order valence-corrected chi connectivity index (χ3v) is 4.02. The van der Waals surface area contributed by atoms with Gasteiger partial charge in [-0.2, -0.15) is 0 Å². The number of nitrogens with one attached hydrogen (secondary N) is 1. The molecule has 3 nitrogen and oxygen atoms in total. The van der Waals surface area contributed by atoms with Gasteiger partial charge in [-0.05, 0) is 37.5 Å². The summed E-state index contributed by atoms with van der Waals surface area (Å²) in [6, 6.07) is 5.25. The molecule has 1 aromatic carbocycles. The number of hydrogen-bond donors (Lipinski definition) is 1. The fourth-order valence-electron chi connectivity index (χ4n) is 2.26. The molecular formula is C14H17Cl2NO2. The van der Waals surface area contributed by atoms with Crippen LogP contribution in [-0.4, -0.2) is 24.7 Å². The van der Waals surface area contributed by atoms with Crippen LogP contribution in [0.3, 0.4) is 0 Å². The van der Waals surface area contributed by atoms with Gasteiger partial charge in [0.15, 0.2) is 0 Å². The van der Waals surface area contributed by atoms with Crippen LogP contribution < -0.4 is 5.32 Å². The topological polar surface area (TPSA) is 38.3 Å². The molecule has 0 radical (unpaired) electrons. The fraction of sp³-hybridized carbons (Fsp3) is 0.500. The highest BCUT2D eigenvalue weighted by atomic mass is 35.5. The highest BCUT2D eigenvalue weighted by Gasteiger charge is 2.24. The molecule has 0 aromatic heterocycles. The molecule has 1 fully saturated rings. The zero-order valence-corrected chi connectivity index (χ0v) is 12.3. The van der Waals surface area contributed by atoms with Gasteiger partial charge < -0.3 is 10.1 Å². The summed E-state index contributed by atoms with van der Waals surface area (Å²) in [5.74, 6) is -0.0852. The molecule has 0 unspecified atom stereocenters. The van der Waals surface area contributed by atoms with Crippen LogP contribution in [-0.2, 0) is 16.0 Å². The van der Waals surface area contributed by atoms with Gasteiger partial charge in [0, 0.05) is 16.7 Å². The van der Waals surface area contributed by atoms with Gasteiger partial charge in [-0.3, -0.25) is 4.79 Å². The Bertz CT molecular complexity index is 439. The van der Waals surface area contributed by atoms with Gasteiger partial charge in [0.1, 0.15) is 0 Å². The van der Waals surface area contributed by atoms with Gasteiger partial charge in [0.25, 0.3) is 0 Å². The molecule has 1 saturated heterocycles. The van der Waals surface area contributed by atoms with E-state index in [-0.39, 0.29) is 24.5 Å². The molecule has 1 aliphatic heterocycles. The van der Waals surface area contributed by atoms with Crippen LogP contribution in [0, 0.1) is 0 Å². The summed E-state index contributed by atoms with van der Waals surface area (Å²) in [6.07, 6.45) is 2.36.